The third kappa shape index (κ3) is 2.24. The van der Waals surface area contributed by atoms with Crippen molar-refractivity contribution in [3.63, 3.8) is 0 Å². The van der Waals surface area contributed by atoms with Gasteiger partial charge in [0.15, 0.2) is 0 Å². The second-order valence-corrected chi connectivity index (χ2v) is 3.12. The first-order valence-corrected chi connectivity index (χ1v) is 4.11. The molecular weight excluding hydrogens is 152 g/mol. The molecule has 0 unspecified atom stereocenters. The normalized spacial score (nSPS) is 12.8. The van der Waals surface area contributed by atoms with Crippen LogP contribution in [0.25, 0.3) is 0 Å². The molecule has 1 aromatic rings. The Balaban J connectivity index is 2.69. The summed E-state index contributed by atoms with van der Waals surface area (Å²) in [5.74, 6) is 0.524. The van der Waals surface area contributed by atoms with E-state index in [-0.39, 0.29) is 12.5 Å². The molecule has 12 heavy (non-hydrogen) atoms. The number of rotatable bonds is 3. The summed E-state index contributed by atoms with van der Waals surface area (Å²) in [6.45, 7) is 2.11. The van der Waals surface area contributed by atoms with E-state index < -0.39 is 0 Å². The van der Waals surface area contributed by atoms with Gasteiger partial charge >= 0.3 is 0 Å². The fourth-order valence-corrected chi connectivity index (χ4v) is 1.12. The van der Waals surface area contributed by atoms with Gasteiger partial charge in [0.05, 0.1) is 0 Å². The standard InChI is InChI=1S/C10H14O2/c1-8(7-11)6-9-4-2-3-5-10(9)12/h2-5,8,11-12H,6-7H2,1H3/t8-/m1/s1. The highest BCUT2D eigenvalue weighted by Crippen LogP contribution is 2.18. The van der Waals surface area contributed by atoms with Gasteiger partial charge in [0.25, 0.3) is 0 Å². The largest absolute Gasteiger partial charge is 0.508 e. The Labute approximate surface area is 72.5 Å². The summed E-state index contributed by atoms with van der Waals surface area (Å²) >= 11 is 0. The molecule has 0 saturated heterocycles. The molecule has 0 aromatic heterocycles. The second kappa shape index (κ2) is 4.12. The summed E-state index contributed by atoms with van der Waals surface area (Å²) in [6.07, 6.45) is 0.725. The molecule has 0 spiro atoms. The summed E-state index contributed by atoms with van der Waals surface area (Å²) < 4.78 is 0. The van der Waals surface area contributed by atoms with E-state index in [9.17, 15) is 5.11 Å². The van der Waals surface area contributed by atoms with Crippen LogP contribution in [0, 0.1) is 5.92 Å². The van der Waals surface area contributed by atoms with Crippen molar-refractivity contribution in [3.8, 4) is 5.75 Å². The molecule has 2 heteroatoms. The van der Waals surface area contributed by atoms with Gasteiger partial charge in [0.2, 0.25) is 0 Å². The van der Waals surface area contributed by atoms with Crippen LogP contribution < -0.4 is 0 Å². The fraction of sp³-hybridized carbons (Fsp3) is 0.400. The Morgan fingerprint density at radius 1 is 1.33 bits per heavy atom. The number of hydrogen-bond acceptors (Lipinski definition) is 2. The fourth-order valence-electron chi connectivity index (χ4n) is 1.12. The van der Waals surface area contributed by atoms with E-state index in [4.69, 9.17) is 5.11 Å². The van der Waals surface area contributed by atoms with Crippen molar-refractivity contribution in [2.75, 3.05) is 6.61 Å². The van der Waals surface area contributed by atoms with E-state index in [1.165, 1.54) is 0 Å². The van der Waals surface area contributed by atoms with Crippen LogP contribution in [-0.2, 0) is 6.42 Å². The molecule has 1 atom stereocenters. The zero-order valence-electron chi connectivity index (χ0n) is 7.20. The quantitative estimate of drug-likeness (QED) is 0.715. The van der Waals surface area contributed by atoms with Crippen molar-refractivity contribution in [2.24, 2.45) is 5.92 Å². The number of phenols is 1. The van der Waals surface area contributed by atoms with E-state index in [1.54, 1.807) is 12.1 Å². The summed E-state index contributed by atoms with van der Waals surface area (Å²) in [7, 11) is 0. The van der Waals surface area contributed by atoms with Gasteiger partial charge in [0.1, 0.15) is 5.75 Å². The molecule has 0 aliphatic rings. The van der Waals surface area contributed by atoms with E-state index in [2.05, 4.69) is 0 Å². The van der Waals surface area contributed by atoms with Crippen LogP contribution in [0.2, 0.25) is 0 Å². The molecular formula is C10H14O2. The maximum atomic E-state index is 9.37. The van der Waals surface area contributed by atoms with Gasteiger partial charge in [-0.2, -0.15) is 0 Å². The predicted molar refractivity (Wildman–Crippen MR) is 48.1 cm³/mol. The van der Waals surface area contributed by atoms with Gasteiger partial charge in [0, 0.05) is 6.61 Å². The van der Waals surface area contributed by atoms with Crippen LogP contribution in [0.1, 0.15) is 12.5 Å². The SMILES string of the molecule is C[C@@H](CO)Cc1ccccc1O. The molecule has 0 aliphatic heterocycles. The molecule has 0 aliphatic carbocycles. The number of aromatic hydroxyl groups is 1. The van der Waals surface area contributed by atoms with Gasteiger partial charge in [-0.15, -0.1) is 0 Å². The average molecular weight is 166 g/mol. The van der Waals surface area contributed by atoms with Gasteiger partial charge in [-0.25, -0.2) is 0 Å². The predicted octanol–water partition coefficient (Wildman–Crippen LogP) is 1.56. The van der Waals surface area contributed by atoms with Gasteiger partial charge < -0.3 is 10.2 Å². The van der Waals surface area contributed by atoms with Crippen molar-refractivity contribution in [1.29, 1.82) is 0 Å². The van der Waals surface area contributed by atoms with Crippen molar-refractivity contribution in [2.45, 2.75) is 13.3 Å². The number of para-hydroxylation sites is 1. The highest BCUT2D eigenvalue weighted by molar-refractivity contribution is 5.31. The van der Waals surface area contributed by atoms with Gasteiger partial charge in [-0.1, -0.05) is 25.1 Å². The molecule has 1 rings (SSSR count). The summed E-state index contributed by atoms with van der Waals surface area (Å²) in [5.41, 5.74) is 0.902. The Bertz CT molecular complexity index is 245. The van der Waals surface area contributed by atoms with E-state index >= 15 is 0 Å². The molecule has 0 fully saturated rings. The average Bonchev–Trinajstić information content (AvgIpc) is 2.09. The molecule has 0 saturated carbocycles. The number of benzene rings is 1. The van der Waals surface area contributed by atoms with Crippen molar-refractivity contribution >= 4 is 0 Å². The maximum Gasteiger partial charge on any atom is 0.118 e. The zero-order valence-corrected chi connectivity index (χ0v) is 7.20. The highest BCUT2D eigenvalue weighted by atomic mass is 16.3. The molecule has 0 amide bonds. The van der Waals surface area contributed by atoms with Crippen LogP contribution in [0.5, 0.6) is 5.75 Å². The number of aliphatic hydroxyl groups is 1. The van der Waals surface area contributed by atoms with Crippen molar-refractivity contribution in [1.82, 2.24) is 0 Å². The first kappa shape index (κ1) is 9.07. The molecule has 2 nitrogen and oxygen atoms in total. The first-order valence-electron chi connectivity index (χ1n) is 4.11. The first-order chi connectivity index (χ1) is 5.74. The Morgan fingerprint density at radius 3 is 2.58 bits per heavy atom. The Kier molecular flexibility index (Phi) is 3.11. The minimum atomic E-state index is 0.161. The zero-order chi connectivity index (χ0) is 8.97. The lowest BCUT2D eigenvalue weighted by Crippen LogP contribution is -2.04. The number of phenolic OH excluding ortho intramolecular Hbond substituents is 1. The van der Waals surface area contributed by atoms with E-state index in [0.717, 1.165) is 12.0 Å². The summed E-state index contributed by atoms with van der Waals surface area (Å²) in [6, 6.07) is 7.22. The lowest BCUT2D eigenvalue weighted by Gasteiger charge is -2.08. The van der Waals surface area contributed by atoms with Crippen LogP contribution in [0.15, 0.2) is 24.3 Å². The van der Waals surface area contributed by atoms with Gasteiger partial charge in [-0.3, -0.25) is 0 Å². The highest BCUT2D eigenvalue weighted by Gasteiger charge is 2.04. The molecule has 2 N–H and O–H groups in total. The molecule has 1 aromatic carbocycles. The van der Waals surface area contributed by atoms with E-state index in [1.807, 2.05) is 19.1 Å². The lowest BCUT2D eigenvalue weighted by atomic mass is 10.0. The number of hydrogen-bond donors (Lipinski definition) is 2. The van der Waals surface area contributed by atoms with E-state index in [0.29, 0.717) is 5.75 Å². The minimum Gasteiger partial charge on any atom is -0.508 e. The molecule has 0 radical (unpaired) electrons. The van der Waals surface area contributed by atoms with Crippen molar-refractivity contribution < 1.29 is 10.2 Å². The van der Waals surface area contributed by atoms with Crippen LogP contribution in [0.4, 0.5) is 0 Å². The lowest BCUT2D eigenvalue weighted by molar-refractivity contribution is 0.236. The monoisotopic (exact) mass is 166 g/mol. The molecule has 66 valence electrons. The minimum absolute atomic E-state index is 0.161. The van der Waals surface area contributed by atoms with Crippen LogP contribution >= 0.6 is 0 Å². The Morgan fingerprint density at radius 2 is 2.00 bits per heavy atom. The third-order valence-electron chi connectivity index (χ3n) is 1.87. The summed E-state index contributed by atoms with van der Waals surface area (Å²) in [5, 5.41) is 18.2. The Hall–Kier alpha value is -1.02. The third-order valence-corrected chi connectivity index (χ3v) is 1.87. The maximum absolute atomic E-state index is 9.37. The molecule has 0 bridgehead atoms. The van der Waals surface area contributed by atoms with Crippen LogP contribution in [0.3, 0.4) is 0 Å². The topological polar surface area (TPSA) is 40.5 Å². The van der Waals surface area contributed by atoms with Crippen molar-refractivity contribution in [3.05, 3.63) is 29.8 Å². The van der Waals surface area contributed by atoms with Crippen LogP contribution in [-0.4, -0.2) is 16.8 Å². The summed E-state index contributed by atoms with van der Waals surface area (Å²) in [4.78, 5) is 0. The second-order valence-electron chi connectivity index (χ2n) is 3.12. The molecule has 0 heterocycles. The smallest absolute Gasteiger partial charge is 0.118 e. The van der Waals surface area contributed by atoms with Gasteiger partial charge in [-0.05, 0) is 24.0 Å². The number of aliphatic hydroxyl groups excluding tert-OH is 1.